The lowest BCUT2D eigenvalue weighted by Crippen LogP contribution is -2.42. The Morgan fingerprint density at radius 3 is 2.80 bits per heavy atom. The molecule has 1 saturated heterocycles. The van der Waals surface area contributed by atoms with Crippen LogP contribution in [0.3, 0.4) is 0 Å². The molecule has 0 unspecified atom stereocenters. The van der Waals surface area contributed by atoms with Crippen LogP contribution in [0, 0.1) is 0 Å². The Hall–Kier alpha value is -1.35. The van der Waals surface area contributed by atoms with Crippen molar-refractivity contribution < 1.29 is 9.53 Å². The van der Waals surface area contributed by atoms with Crippen LogP contribution in [0.5, 0.6) is 0 Å². The van der Waals surface area contributed by atoms with Crippen molar-refractivity contribution in [2.24, 2.45) is 0 Å². The second-order valence-electron chi connectivity index (χ2n) is 5.60. The zero-order valence-electron chi connectivity index (χ0n) is 12.4. The smallest absolute Gasteiger partial charge is 0.323 e. The summed E-state index contributed by atoms with van der Waals surface area (Å²) in [5.41, 5.74) is 1.35. The summed E-state index contributed by atoms with van der Waals surface area (Å²) in [5.74, 6) is -0.0353. The zero-order valence-corrected chi connectivity index (χ0v) is 12.4. The summed E-state index contributed by atoms with van der Waals surface area (Å²) in [7, 11) is 2.01. The van der Waals surface area contributed by atoms with Gasteiger partial charge in [0.2, 0.25) is 0 Å². The van der Waals surface area contributed by atoms with E-state index in [9.17, 15) is 4.79 Å². The number of likely N-dealkylation sites (tertiary alicyclic amines) is 1. The number of esters is 1. The molecule has 20 heavy (non-hydrogen) atoms. The minimum Gasteiger partial charge on any atom is -0.465 e. The van der Waals surface area contributed by atoms with Gasteiger partial charge < -0.3 is 4.74 Å². The number of hydrogen-bond donors (Lipinski definition) is 0. The molecule has 1 fully saturated rings. The first kappa shape index (κ1) is 15.0. The molecule has 0 aliphatic carbocycles. The van der Waals surface area contributed by atoms with Gasteiger partial charge in [0.05, 0.1) is 6.61 Å². The van der Waals surface area contributed by atoms with Crippen molar-refractivity contribution in [1.29, 1.82) is 0 Å². The lowest BCUT2D eigenvalue weighted by Gasteiger charge is -2.30. The minimum absolute atomic E-state index is 0.0159. The Bertz CT molecular complexity index is 405. The van der Waals surface area contributed by atoms with Crippen LogP contribution < -0.4 is 0 Å². The van der Waals surface area contributed by atoms with E-state index in [1.807, 2.05) is 13.1 Å². The van der Waals surface area contributed by atoms with Crippen LogP contribution in [0.1, 0.15) is 37.7 Å². The maximum atomic E-state index is 12.0. The lowest BCUT2D eigenvalue weighted by atomic mass is 10.0. The van der Waals surface area contributed by atoms with Gasteiger partial charge in [0.1, 0.15) is 6.04 Å². The number of ether oxygens (including phenoxy) is 1. The predicted octanol–water partition coefficient (Wildman–Crippen LogP) is 3.04. The highest BCUT2D eigenvalue weighted by atomic mass is 16.5. The van der Waals surface area contributed by atoms with Crippen molar-refractivity contribution in [3.05, 3.63) is 35.9 Å². The van der Waals surface area contributed by atoms with Crippen LogP contribution in [0.4, 0.5) is 0 Å². The van der Waals surface area contributed by atoms with E-state index in [1.165, 1.54) is 12.0 Å². The van der Waals surface area contributed by atoms with E-state index >= 15 is 0 Å². The number of hydrogen-bond acceptors (Lipinski definition) is 3. The molecule has 1 aliphatic rings. The molecule has 0 radical (unpaired) electrons. The second kappa shape index (κ2) is 8.05. The van der Waals surface area contributed by atoms with Crippen molar-refractivity contribution in [2.45, 2.75) is 44.6 Å². The average Bonchev–Trinajstić information content (AvgIpc) is 2.48. The highest BCUT2D eigenvalue weighted by Crippen LogP contribution is 2.16. The maximum Gasteiger partial charge on any atom is 0.323 e. The maximum absolute atomic E-state index is 12.0. The molecule has 1 aromatic carbocycles. The number of nitrogens with zero attached hydrogens (tertiary/aromatic N) is 1. The summed E-state index contributed by atoms with van der Waals surface area (Å²) in [6, 6.07) is 10.4. The second-order valence-corrected chi connectivity index (χ2v) is 5.60. The molecule has 0 amide bonds. The van der Waals surface area contributed by atoms with Gasteiger partial charge in [-0.1, -0.05) is 36.8 Å². The first-order valence-corrected chi connectivity index (χ1v) is 7.68. The fraction of sp³-hybridized carbons (Fsp3) is 0.588. The predicted molar refractivity (Wildman–Crippen MR) is 80.6 cm³/mol. The topological polar surface area (TPSA) is 29.5 Å². The van der Waals surface area contributed by atoms with Crippen LogP contribution in [0.25, 0.3) is 0 Å². The number of aryl methyl sites for hydroxylation is 1. The molecule has 1 heterocycles. The fourth-order valence-electron chi connectivity index (χ4n) is 2.72. The third kappa shape index (κ3) is 4.64. The molecule has 110 valence electrons. The number of unbranched alkanes of at least 4 members (excludes halogenated alkanes) is 1. The molecular weight excluding hydrogens is 250 g/mol. The Morgan fingerprint density at radius 2 is 2.05 bits per heavy atom. The molecule has 2 rings (SSSR count). The summed E-state index contributed by atoms with van der Waals surface area (Å²) in [6.45, 7) is 1.56. The Labute approximate surface area is 121 Å². The normalized spacial score (nSPS) is 19.8. The molecule has 0 spiro atoms. The number of piperidine rings is 1. The molecular formula is C17H25NO2. The van der Waals surface area contributed by atoms with Crippen LogP contribution in [0.15, 0.2) is 30.3 Å². The van der Waals surface area contributed by atoms with E-state index < -0.39 is 0 Å². The van der Waals surface area contributed by atoms with Gasteiger partial charge in [-0.3, -0.25) is 9.69 Å². The van der Waals surface area contributed by atoms with E-state index in [0.717, 1.165) is 38.6 Å². The number of carbonyl (C=O) groups excluding carboxylic acids is 1. The monoisotopic (exact) mass is 275 g/mol. The van der Waals surface area contributed by atoms with Crippen LogP contribution in [0.2, 0.25) is 0 Å². The van der Waals surface area contributed by atoms with Crippen molar-refractivity contribution in [2.75, 3.05) is 20.2 Å². The van der Waals surface area contributed by atoms with E-state index in [-0.39, 0.29) is 12.0 Å². The first-order valence-electron chi connectivity index (χ1n) is 7.68. The number of likely N-dealkylation sites (N-methyl/N-ethyl adjacent to an activating group) is 1. The molecule has 0 aromatic heterocycles. The Balaban J connectivity index is 1.59. The van der Waals surface area contributed by atoms with Gasteiger partial charge in [-0.2, -0.15) is 0 Å². The largest absolute Gasteiger partial charge is 0.465 e. The van der Waals surface area contributed by atoms with E-state index in [2.05, 4.69) is 29.2 Å². The van der Waals surface area contributed by atoms with Crippen LogP contribution in [-0.4, -0.2) is 37.1 Å². The summed E-state index contributed by atoms with van der Waals surface area (Å²) in [6.07, 6.45) is 6.34. The highest BCUT2D eigenvalue weighted by molar-refractivity contribution is 5.75. The number of benzene rings is 1. The van der Waals surface area contributed by atoms with Gasteiger partial charge in [-0.15, -0.1) is 0 Å². The van der Waals surface area contributed by atoms with Gasteiger partial charge >= 0.3 is 5.97 Å². The van der Waals surface area contributed by atoms with Crippen molar-refractivity contribution in [3.8, 4) is 0 Å². The minimum atomic E-state index is -0.0353. The molecule has 3 heteroatoms. The fourth-order valence-corrected chi connectivity index (χ4v) is 2.72. The SMILES string of the molecule is CN1CCCC[C@H]1C(=O)OCCCCc1ccccc1. The van der Waals surface area contributed by atoms with Gasteiger partial charge in [0, 0.05) is 0 Å². The quantitative estimate of drug-likeness (QED) is 0.590. The molecule has 3 nitrogen and oxygen atoms in total. The third-order valence-corrected chi connectivity index (χ3v) is 3.99. The Morgan fingerprint density at radius 1 is 1.25 bits per heavy atom. The van der Waals surface area contributed by atoms with Crippen molar-refractivity contribution in [1.82, 2.24) is 4.90 Å². The van der Waals surface area contributed by atoms with E-state index in [1.54, 1.807) is 0 Å². The molecule has 1 aromatic rings. The number of carbonyl (C=O) groups is 1. The van der Waals surface area contributed by atoms with Crippen LogP contribution in [-0.2, 0) is 16.0 Å². The van der Waals surface area contributed by atoms with Gasteiger partial charge in [-0.25, -0.2) is 0 Å². The van der Waals surface area contributed by atoms with Crippen LogP contribution >= 0.6 is 0 Å². The van der Waals surface area contributed by atoms with Gasteiger partial charge in [0.15, 0.2) is 0 Å². The molecule has 1 aliphatic heterocycles. The summed E-state index contributed by atoms with van der Waals surface area (Å²) < 4.78 is 5.41. The molecule has 0 N–H and O–H groups in total. The van der Waals surface area contributed by atoms with E-state index in [0.29, 0.717) is 6.61 Å². The zero-order chi connectivity index (χ0) is 14.2. The van der Waals surface area contributed by atoms with Gasteiger partial charge in [-0.05, 0) is 51.3 Å². The summed E-state index contributed by atoms with van der Waals surface area (Å²) >= 11 is 0. The molecule has 1 atom stereocenters. The highest BCUT2D eigenvalue weighted by Gasteiger charge is 2.26. The molecule has 0 saturated carbocycles. The standard InChI is InChI=1S/C17H25NO2/c1-18-13-7-5-12-16(18)17(19)20-14-8-6-11-15-9-3-2-4-10-15/h2-4,9-10,16H,5-8,11-14H2,1H3/t16-/m0/s1. The molecule has 0 bridgehead atoms. The summed E-state index contributed by atoms with van der Waals surface area (Å²) in [4.78, 5) is 14.1. The average molecular weight is 275 g/mol. The van der Waals surface area contributed by atoms with E-state index in [4.69, 9.17) is 4.74 Å². The lowest BCUT2D eigenvalue weighted by molar-refractivity contribution is -0.150. The number of rotatable bonds is 6. The first-order chi connectivity index (χ1) is 9.77. The Kier molecular flexibility index (Phi) is 6.06. The van der Waals surface area contributed by atoms with Crippen molar-refractivity contribution >= 4 is 5.97 Å². The van der Waals surface area contributed by atoms with Gasteiger partial charge in [0.25, 0.3) is 0 Å². The summed E-state index contributed by atoms with van der Waals surface area (Å²) in [5, 5.41) is 0. The van der Waals surface area contributed by atoms with Crippen molar-refractivity contribution in [3.63, 3.8) is 0 Å². The third-order valence-electron chi connectivity index (χ3n) is 3.99.